The highest BCUT2D eigenvalue weighted by molar-refractivity contribution is 6.30. The molecule has 106 valence electrons. The molecule has 0 fully saturated rings. The Hall–Kier alpha value is -1.27. The van der Waals surface area contributed by atoms with Gasteiger partial charge in [0.2, 0.25) is 0 Å². The first-order chi connectivity index (χ1) is 8.70. The first kappa shape index (κ1) is 15.8. The summed E-state index contributed by atoms with van der Waals surface area (Å²) < 4.78 is 37.5. The number of alkyl halides is 3. The minimum Gasteiger partial charge on any atom is -0.481 e. The van der Waals surface area contributed by atoms with Gasteiger partial charge < -0.3 is 10.0 Å². The van der Waals surface area contributed by atoms with Crippen LogP contribution in [0.25, 0.3) is 0 Å². The van der Waals surface area contributed by atoms with Crippen LogP contribution in [0, 0.1) is 5.92 Å². The van der Waals surface area contributed by atoms with E-state index in [-0.39, 0.29) is 6.54 Å². The Bertz CT molecular complexity index is 451. The standard InChI is InChI=1S/C12H13ClF3NO2/c1-17(6-8-3-2-4-9(13)5-8)7-10(11(18)19)12(14,15)16/h2-5,10H,6-7H2,1H3,(H,18,19). The van der Waals surface area contributed by atoms with Crippen LogP contribution in [-0.2, 0) is 11.3 Å². The maximum atomic E-state index is 12.5. The fraction of sp³-hybridized carbons (Fsp3) is 0.417. The van der Waals surface area contributed by atoms with Gasteiger partial charge in [-0.1, -0.05) is 23.7 Å². The molecule has 0 aliphatic carbocycles. The van der Waals surface area contributed by atoms with Gasteiger partial charge in [-0.25, -0.2) is 0 Å². The maximum absolute atomic E-state index is 12.5. The van der Waals surface area contributed by atoms with Gasteiger partial charge in [0.15, 0.2) is 5.92 Å². The molecule has 0 aliphatic rings. The summed E-state index contributed by atoms with van der Waals surface area (Å²) in [5.74, 6) is -4.26. The minimum absolute atomic E-state index is 0.195. The van der Waals surface area contributed by atoms with Gasteiger partial charge >= 0.3 is 12.1 Å². The fourth-order valence-electron chi connectivity index (χ4n) is 1.64. The summed E-state index contributed by atoms with van der Waals surface area (Å²) in [5, 5.41) is 9.08. The second kappa shape index (κ2) is 6.25. The van der Waals surface area contributed by atoms with Crippen molar-refractivity contribution in [1.82, 2.24) is 4.90 Å². The molecule has 0 bridgehead atoms. The zero-order valence-electron chi connectivity index (χ0n) is 10.1. The molecule has 19 heavy (non-hydrogen) atoms. The largest absolute Gasteiger partial charge is 0.481 e. The molecule has 0 aliphatic heterocycles. The number of hydrogen-bond donors (Lipinski definition) is 1. The molecule has 1 unspecified atom stereocenters. The Morgan fingerprint density at radius 2 is 2.11 bits per heavy atom. The maximum Gasteiger partial charge on any atom is 0.403 e. The van der Waals surface area contributed by atoms with E-state index in [1.165, 1.54) is 11.9 Å². The van der Waals surface area contributed by atoms with Crippen LogP contribution in [0.1, 0.15) is 5.56 Å². The summed E-state index contributed by atoms with van der Waals surface area (Å²) in [7, 11) is 1.43. The normalized spacial score (nSPS) is 13.6. The lowest BCUT2D eigenvalue weighted by Crippen LogP contribution is -2.39. The number of hydrogen-bond acceptors (Lipinski definition) is 2. The van der Waals surface area contributed by atoms with Gasteiger partial charge in [0.05, 0.1) is 0 Å². The lowest BCUT2D eigenvalue weighted by atomic mass is 10.1. The van der Waals surface area contributed by atoms with Crippen molar-refractivity contribution in [2.45, 2.75) is 12.7 Å². The highest BCUT2D eigenvalue weighted by Crippen LogP contribution is 2.27. The van der Waals surface area contributed by atoms with Crippen LogP contribution >= 0.6 is 11.6 Å². The number of carboxylic acids is 1. The molecular weight excluding hydrogens is 283 g/mol. The molecule has 0 radical (unpaired) electrons. The lowest BCUT2D eigenvalue weighted by molar-refractivity contribution is -0.196. The Balaban J connectivity index is 2.68. The number of rotatable bonds is 5. The third-order valence-electron chi connectivity index (χ3n) is 2.53. The van der Waals surface area contributed by atoms with E-state index >= 15 is 0 Å². The molecule has 0 heterocycles. The fourth-order valence-corrected chi connectivity index (χ4v) is 1.86. The summed E-state index contributed by atoms with van der Waals surface area (Å²) in [6.07, 6.45) is -4.76. The first-order valence-electron chi connectivity index (χ1n) is 5.42. The molecule has 1 rings (SSSR count). The number of carboxylic acid groups (broad SMARTS) is 1. The van der Waals surface area contributed by atoms with Crippen molar-refractivity contribution in [2.75, 3.05) is 13.6 Å². The molecule has 7 heteroatoms. The smallest absolute Gasteiger partial charge is 0.403 e. The molecule has 1 aromatic carbocycles. The van der Waals surface area contributed by atoms with E-state index in [1.54, 1.807) is 24.3 Å². The quantitative estimate of drug-likeness (QED) is 0.908. The molecule has 1 atom stereocenters. The van der Waals surface area contributed by atoms with Crippen LogP contribution in [0.15, 0.2) is 24.3 Å². The number of benzene rings is 1. The summed E-state index contributed by atoms with van der Waals surface area (Å²) >= 11 is 5.76. The molecule has 0 amide bonds. The molecular formula is C12H13ClF3NO2. The molecule has 1 aromatic rings. The Labute approximate surface area is 113 Å². The van der Waals surface area contributed by atoms with Crippen LogP contribution in [0.2, 0.25) is 5.02 Å². The van der Waals surface area contributed by atoms with Crippen molar-refractivity contribution in [3.05, 3.63) is 34.9 Å². The van der Waals surface area contributed by atoms with Crippen molar-refractivity contribution in [3.8, 4) is 0 Å². The molecule has 0 aromatic heterocycles. The van der Waals surface area contributed by atoms with Gasteiger partial charge in [-0.05, 0) is 24.7 Å². The van der Waals surface area contributed by atoms with Gasteiger partial charge in [0, 0.05) is 18.1 Å². The second-order valence-corrected chi connectivity index (χ2v) is 4.70. The molecule has 0 spiro atoms. The topological polar surface area (TPSA) is 40.5 Å². The SMILES string of the molecule is CN(Cc1cccc(Cl)c1)CC(C(=O)O)C(F)(F)F. The van der Waals surface area contributed by atoms with Crippen molar-refractivity contribution >= 4 is 17.6 Å². The van der Waals surface area contributed by atoms with E-state index in [1.807, 2.05) is 0 Å². The number of aliphatic carboxylic acids is 1. The number of halogens is 4. The lowest BCUT2D eigenvalue weighted by Gasteiger charge is -2.23. The van der Waals surface area contributed by atoms with Crippen molar-refractivity contribution < 1.29 is 23.1 Å². The first-order valence-corrected chi connectivity index (χ1v) is 5.80. The number of nitrogens with zero attached hydrogens (tertiary/aromatic N) is 1. The van der Waals surface area contributed by atoms with E-state index in [0.717, 1.165) is 5.56 Å². The Kier molecular flexibility index (Phi) is 5.20. The zero-order chi connectivity index (χ0) is 14.6. The van der Waals surface area contributed by atoms with Crippen molar-refractivity contribution in [3.63, 3.8) is 0 Å². The summed E-state index contributed by atoms with van der Waals surface area (Å²) in [6, 6.07) is 6.68. The highest BCUT2D eigenvalue weighted by atomic mass is 35.5. The summed E-state index contributed by atoms with van der Waals surface area (Å²) in [6.45, 7) is -0.411. The summed E-state index contributed by atoms with van der Waals surface area (Å²) in [4.78, 5) is 11.9. The van der Waals surface area contributed by atoms with Crippen molar-refractivity contribution in [1.29, 1.82) is 0 Å². The van der Waals surface area contributed by atoms with Gasteiger partial charge in [-0.3, -0.25) is 4.79 Å². The average molecular weight is 296 g/mol. The van der Waals surface area contributed by atoms with E-state index in [4.69, 9.17) is 16.7 Å². The Morgan fingerprint density at radius 1 is 1.47 bits per heavy atom. The molecule has 1 N–H and O–H groups in total. The highest BCUT2D eigenvalue weighted by Gasteiger charge is 2.45. The van der Waals surface area contributed by atoms with Crippen LogP contribution in [0.3, 0.4) is 0 Å². The predicted molar refractivity (Wildman–Crippen MR) is 65.0 cm³/mol. The van der Waals surface area contributed by atoms with Crippen LogP contribution in [0.4, 0.5) is 13.2 Å². The van der Waals surface area contributed by atoms with E-state index in [0.29, 0.717) is 5.02 Å². The monoisotopic (exact) mass is 295 g/mol. The molecule has 3 nitrogen and oxygen atoms in total. The van der Waals surface area contributed by atoms with Crippen molar-refractivity contribution in [2.24, 2.45) is 5.92 Å². The Morgan fingerprint density at radius 3 is 2.58 bits per heavy atom. The van der Waals surface area contributed by atoms with E-state index in [2.05, 4.69) is 0 Å². The van der Waals surface area contributed by atoms with Gasteiger partial charge in [0.25, 0.3) is 0 Å². The number of carbonyl (C=O) groups is 1. The van der Waals surface area contributed by atoms with E-state index < -0.39 is 24.6 Å². The predicted octanol–water partition coefficient (Wildman–Crippen LogP) is 3.03. The van der Waals surface area contributed by atoms with Gasteiger partial charge in [-0.15, -0.1) is 0 Å². The van der Waals surface area contributed by atoms with Crippen LogP contribution in [0.5, 0.6) is 0 Å². The minimum atomic E-state index is -4.76. The summed E-state index contributed by atoms with van der Waals surface area (Å²) in [5.41, 5.74) is 0.723. The second-order valence-electron chi connectivity index (χ2n) is 4.26. The average Bonchev–Trinajstić information content (AvgIpc) is 2.24. The molecule has 0 saturated carbocycles. The van der Waals surface area contributed by atoms with Gasteiger partial charge in [-0.2, -0.15) is 13.2 Å². The van der Waals surface area contributed by atoms with Crippen LogP contribution < -0.4 is 0 Å². The van der Waals surface area contributed by atoms with Gasteiger partial charge in [0.1, 0.15) is 0 Å². The molecule has 0 saturated heterocycles. The zero-order valence-corrected chi connectivity index (χ0v) is 10.9. The van der Waals surface area contributed by atoms with E-state index in [9.17, 15) is 18.0 Å². The third-order valence-corrected chi connectivity index (χ3v) is 2.76. The van der Waals surface area contributed by atoms with Crippen LogP contribution in [-0.4, -0.2) is 35.7 Å². The third kappa shape index (κ3) is 5.08.